The third-order valence-corrected chi connectivity index (χ3v) is 3.14. The molecule has 2 rings (SSSR count). The minimum absolute atomic E-state index is 0.0768. The third-order valence-electron chi connectivity index (χ3n) is 3.14. The lowest BCUT2D eigenvalue weighted by Crippen LogP contribution is -2.39. The minimum atomic E-state index is -2.61. The number of carboxylic acid groups (broad SMARTS) is 1. The van der Waals surface area contributed by atoms with E-state index in [1.54, 1.807) is 11.8 Å². The van der Waals surface area contributed by atoms with E-state index in [9.17, 15) is 13.6 Å². The fraction of sp³-hybridized carbons (Fsp3) is 0.500. The second-order valence-electron chi connectivity index (χ2n) is 4.48. The SMILES string of the molecule is Cc1ncc(C(=O)O)cc1N1CCC(F)(F)CC1. The molecule has 6 heteroatoms. The van der Waals surface area contributed by atoms with Gasteiger partial charge in [-0.05, 0) is 13.0 Å². The Morgan fingerprint density at radius 1 is 1.44 bits per heavy atom. The van der Waals surface area contributed by atoms with Gasteiger partial charge < -0.3 is 10.0 Å². The molecule has 4 nitrogen and oxygen atoms in total. The fourth-order valence-corrected chi connectivity index (χ4v) is 2.03. The predicted octanol–water partition coefficient (Wildman–Crippen LogP) is 2.32. The Morgan fingerprint density at radius 2 is 2.06 bits per heavy atom. The Hall–Kier alpha value is -1.72. The molecule has 2 heterocycles. The van der Waals surface area contributed by atoms with Gasteiger partial charge in [0.2, 0.25) is 0 Å². The minimum Gasteiger partial charge on any atom is -0.478 e. The van der Waals surface area contributed by atoms with Crippen LogP contribution < -0.4 is 4.90 Å². The Kier molecular flexibility index (Phi) is 3.19. The van der Waals surface area contributed by atoms with Crippen LogP contribution in [0.25, 0.3) is 0 Å². The number of hydrogen-bond acceptors (Lipinski definition) is 3. The number of aromatic nitrogens is 1. The van der Waals surface area contributed by atoms with Gasteiger partial charge in [-0.25, -0.2) is 13.6 Å². The van der Waals surface area contributed by atoms with Crippen LogP contribution in [0.5, 0.6) is 0 Å². The number of aryl methyl sites for hydroxylation is 1. The second-order valence-corrected chi connectivity index (χ2v) is 4.48. The Bertz CT molecular complexity index is 467. The highest BCUT2D eigenvalue weighted by molar-refractivity contribution is 5.88. The molecule has 0 radical (unpaired) electrons. The van der Waals surface area contributed by atoms with Gasteiger partial charge in [-0.15, -0.1) is 0 Å². The standard InChI is InChI=1S/C12H14F2N2O2/c1-8-10(6-9(7-15-8)11(17)18)16-4-2-12(13,14)3-5-16/h6-7H,2-5H2,1H3,(H,17,18). The molecule has 1 aliphatic heterocycles. The van der Waals surface area contributed by atoms with E-state index in [0.29, 0.717) is 11.4 Å². The topological polar surface area (TPSA) is 53.4 Å². The molecule has 0 saturated carbocycles. The number of halogens is 2. The van der Waals surface area contributed by atoms with Crippen LogP contribution in [0.1, 0.15) is 28.9 Å². The maximum atomic E-state index is 13.1. The quantitative estimate of drug-likeness (QED) is 0.882. The molecule has 1 saturated heterocycles. The highest BCUT2D eigenvalue weighted by Gasteiger charge is 2.34. The molecule has 0 atom stereocenters. The van der Waals surface area contributed by atoms with E-state index in [1.165, 1.54) is 12.3 Å². The molecule has 0 aromatic carbocycles. The van der Waals surface area contributed by atoms with Crippen molar-refractivity contribution >= 4 is 11.7 Å². The Balaban J connectivity index is 2.23. The van der Waals surface area contributed by atoms with E-state index in [1.807, 2.05) is 0 Å². The number of rotatable bonds is 2. The van der Waals surface area contributed by atoms with Crippen molar-refractivity contribution in [3.05, 3.63) is 23.5 Å². The highest BCUT2D eigenvalue weighted by atomic mass is 19.3. The predicted molar refractivity (Wildman–Crippen MR) is 62.3 cm³/mol. The van der Waals surface area contributed by atoms with E-state index < -0.39 is 11.9 Å². The zero-order valence-electron chi connectivity index (χ0n) is 9.99. The third kappa shape index (κ3) is 2.57. The molecule has 0 spiro atoms. The number of anilines is 1. The number of hydrogen-bond donors (Lipinski definition) is 1. The number of alkyl halides is 2. The summed E-state index contributed by atoms with van der Waals surface area (Å²) >= 11 is 0. The van der Waals surface area contributed by atoms with Gasteiger partial charge in [-0.1, -0.05) is 0 Å². The van der Waals surface area contributed by atoms with Crippen molar-refractivity contribution in [3.8, 4) is 0 Å². The summed E-state index contributed by atoms with van der Waals surface area (Å²) in [5.41, 5.74) is 1.36. The van der Waals surface area contributed by atoms with Gasteiger partial charge in [0.15, 0.2) is 0 Å². The van der Waals surface area contributed by atoms with Gasteiger partial charge in [-0.3, -0.25) is 4.98 Å². The van der Waals surface area contributed by atoms with Crippen LogP contribution in [0.4, 0.5) is 14.5 Å². The maximum Gasteiger partial charge on any atom is 0.337 e. The van der Waals surface area contributed by atoms with Gasteiger partial charge in [0.25, 0.3) is 5.92 Å². The number of piperidine rings is 1. The largest absolute Gasteiger partial charge is 0.478 e. The fourth-order valence-electron chi connectivity index (χ4n) is 2.03. The number of carboxylic acids is 1. The summed E-state index contributed by atoms with van der Waals surface area (Å²) < 4.78 is 26.1. The molecule has 0 amide bonds. The zero-order valence-corrected chi connectivity index (χ0v) is 9.99. The smallest absolute Gasteiger partial charge is 0.337 e. The Labute approximate surface area is 103 Å². The first-order valence-corrected chi connectivity index (χ1v) is 5.72. The van der Waals surface area contributed by atoms with Crippen molar-refractivity contribution in [3.63, 3.8) is 0 Å². The monoisotopic (exact) mass is 256 g/mol. The molecule has 18 heavy (non-hydrogen) atoms. The first-order chi connectivity index (χ1) is 8.39. The van der Waals surface area contributed by atoms with Crippen LogP contribution in [-0.2, 0) is 0 Å². The van der Waals surface area contributed by atoms with E-state index in [0.717, 1.165) is 0 Å². The maximum absolute atomic E-state index is 13.1. The number of aromatic carboxylic acids is 1. The van der Waals surface area contributed by atoms with Gasteiger partial charge in [0, 0.05) is 32.1 Å². The van der Waals surface area contributed by atoms with Crippen LogP contribution in [0.15, 0.2) is 12.3 Å². The number of carbonyl (C=O) groups is 1. The number of nitrogens with zero attached hydrogens (tertiary/aromatic N) is 2. The summed E-state index contributed by atoms with van der Waals surface area (Å²) in [5.74, 6) is -3.67. The van der Waals surface area contributed by atoms with Crippen LogP contribution in [0.2, 0.25) is 0 Å². The summed E-state index contributed by atoms with van der Waals surface area (Å²) in [4.78, 5) is 16.6. The van der Waals surface area contributed by atoms with Crippen molar-refractivity contribution in [1.82, 2.24) is 4.98 Å². The molecule has 0 aliphatic carbocycles. The normalized spacial score (nSPS) is 18.7. The molecular formula is C12H14F2N2O2. The van der Waals surface area contributed by atoms with Crippen LogP contribution in [-0.4, -0.2) is 35.1 Å². The van der Waals surface area contributed by atoms with Crippen molar-refractivity contribution in [1.29, 1.82) is 0 Å². The Morgan fingerprint density at radius 3 is 2.61 bits per heavy atom. The van der Waals surface area contributed by atoms with Gasteiger partial charge >= 0.3 is 5.97 Å². The summed E-state index contributed by atoms with van der Waals surface area (Å²) in [7, 11) is 0. The lowest BCUT2D eigenvalue weighted by atomic mass is 10.1. The zero-order chi connectivity index (χ0) is 13.3. The highest BCUT2D eigenvalue weighted by Crippen LogP contribution is 2.31. The average Bonchev–Trinajstić information content (AvgIpc) is 2.30. The first kappa shape index (κ1) is 12.7. The van der Waals surface area contributed by atoms with Gasteiger partial charge in [-0.2, -0.15) is 0 Å². The van der Waals surface area contributed by atoms with Crippen LogP contribution >= 0.6 is 0 Å². The van der Waals surface area contributed by atoms with Crippen molar-refractivity contribution in [2.75, 3.05) is 18.0 Å². The molecule has 0 bridgehead atoms. The molecule has 0 unspecified atom stereocenters. The second kappa shape index (κ2) is 4.51. The molecule has 1 fully saturated rings. The van der Waals surface area contributed by atoms with Gasteiger partial charge in [0.1, 0.15) is 0 Å². The summed E-state index contributed by atoms with van der Waals surface area (Å²) in [6, 6.07) is 1.49. The van der Waals surface area contributed by atoms with Crippen molar-refractivity contribution in [2.24, 2.45) is 0 Å². The van der Waals surface area contributed by atoms with E-state index in [2.05, 4.69) is 4.98 Å². The van der Waals surface area contributed by atoms with Gasteiger partial charge in [0.05, 0.1) is 16.9 Å². The first-order valence-electron chi connectivity index (χ1n) is 5.72. The molecule has 98 valence electrons. The number of pyridine rings is 1. The van der Waals surface area contributed by atoms with E-state index >= 15 is 0 Å². The van der Waals surface area contributed by atoms with Crippen LogP contribution in [0.3, 0.4) is 0 Å². The van der Waals surface area contributed by atoms with E-state index in [4.69, 9.17) is 5.11 Å². The summed E-state index contributed by atoms with van der Waals surface area (Å²) in [6.07, 6.45) is 0.868. The lowest BCUT2D eigenvalue weighted by Gasteiger charge is -2.34. The molecular weight excluding hydrogens is 242 g/mol. The molecule has 1 aromatic heterocycles. The van der Waals surface area contributed by atoms with E-state index in [-0.39, 0.29) is 31.5 Å². The van der Waals surface area contributed by atoms with Crippen molar-refractivity contribution < 1.29 is 18.7 Å². The van der Waals surface area contributed by atoms with Crippen molar-refractivity contribution in [2.45, 2.75) is 25.7 Å². The molecule has 1 N–H and O–H groups in total. The van der Waals surface area contributed by atoms with Crippen LogP contribution in [0, 0.1) is 6.92 Å². The lowest BCUT2D eigenvalue weighted by molar-refractivity contribution is -0.0220. The average molecular weight is 256 g/mol. The summed E-state index contributed by atoms with van der Waals surface area (Å²) in [5, 5.41) is 8.90. The summed E-state index contributed by atoms with van der Waals surface area (Å²) in [6.45, 7) is 2.19. The molecule has 1 aliphatic rings. The molecule has 1 aromatic rings.